The molecule has 88 valence electrons. The zero-order valence-corrected chi connectivity index (χ0v) is 9.93. The van der Waals surface area contributed by atoms with Crippen LogP contribution in [0.25, 0.3) is 0 Å². The van der Waals surface area contributed by atoms with E-state index in [9.17, 15) is 4.79 Å². The summed E-state index contributed by atoms with van der Waals surface area (Å²) in [5.74, 6) is 0.0548. The molecular weight excluding hydrogens is 224 g/mol. The van der Waals surface area contributed by atoms with Gasteiger partial charge in [0.2, 0.25) is 5.91 Å². The Balaban J connectivity index is 0.00000128. The predicted octanol–water partition coefficient (Wildman–Crippen LogP) is 1.56. The largest absolute Gasteiger partial charge is 0.349 e. The summed E-state index contributed by atoms with van der Waals surface area (Å²) in [7, 11) is 0. The first-order chi connectivity index (χ1) is 7.31. The zero-order chi connectivity index (χ0) is 10.7. The molecule has 0 bridgehead atoms. The highest BCUT2D eigenvalue weighted by molar-refractivity contribution is 5.85. The van der Waals surface area contributed by atoms with Gasteiger partial charge in [-0.05, 0) is 24.0 Å². The lowest BCUT2D eigenvalue weighted by Gasteiger charge is -2.13. The van der Waals surface area contributed by atoms with Gasteiger partial charge in [0.05, 0.1) is 6.04 Å². The van der Waals surface area contributed by atoms with Crippen LogP contribution >= 0.6 is 12.4 Å². The molecule has 16 heavy (non-hydrogen) atoms. The van der Waals surface area contributed by atoms with E-state index in [1.165, 1.54) is 11.1 Å². The Morgan fingerprint density at radius 3 is 2.94 bits per heavy atom. The fourth-order valence-corrected chi connectivity index (χ4v) is 2.10. The van der Waals surface area contributed by atoms with Crippen molar-refractivity contribution in [1.29, 1.82) is 0 Å². The van der Waals surface area contributed by atoms with E-state index >= 15 is 0 Å². The van der Waals surface area contributed by atoms with E-state index in [1.807, 2.05) is 12.1 Å². The number of rotatable bonds is 3. The Kier molecular flexibility index (Phi) is 4.77. The summed E-state index contributed by atoms with van der Waals surface area (Å²) in [6.45, 7) is 0.417. The molecule has 0 radical (unpaired) electrons. The molecule has 0 aliphatic heterocycles. The number of hydrogen-bond donors (Lipinski definition) is 2. The molecule has 1 aromatic rings. The Labute approximate surface area is 102 Å². The Morgan fingerprint density at radius 2 is 2.19 bits per heavy atom. The minimum atomic E-state index is 0. The van der Waals surface area contributed by atoms with Crippen LogP contribution in [-0.4, -0.2) is 12.5 Å². The lowest BCUT2D eigenvalue weighted by Crippen LogP contribution is -2.28. The average Bonchev–Trinajstić information content (AvgIpc) is 2.62. The van der Waals surface area contributed by atoms with E-state index in [1.54, 1.807) is 0 Å². The van der Waals surface area contributed by atoms with E-state index in [-0.39, 0.29) is 24.4 Å². The smallest absolute Gasteiger partial charge is 0.221 e. The molecule has 2 rings (SSSR count). The molecule has 0 saturated carbocycles. The highest BCUT2D eigenvalue weighted by Gasteiger charge is 2.22. The van der Waals surface area contributed by atoms with Gasteiger partial charge in [-0.15, -0.1) is 12.4 Å². The number of aryl methyl sites for hydroxylation is 1. The van der Waals surface area contributed by atoms with Crippen LogP contribution in [0.4, 0.5) is 0 Å². The van der Waals surface area contributed by atoms with Crippen molar-refractivity contribution in [2.24, 2.45) is 5.73 Å². The second-order valence-corrected chi connectivity index (χ2v) is 3.90. The van der Waals surface area contributed by atoms with Crippen molar-refractivity contribution in [3.8, 4) is 0 Å². The van der Waals surface area contributed by atoms with E-state index in [4.69, 9.17) is 5.73 Å². The lowest BCUT2D eigenvalue weighted by molar-refractivity contribution is -0.121. The monoisotopic (exact) mass is 240 g/mol. The first-order valence-corrected chi connectivity index (χ1v) is 5.38. The standard InChI is InChI=1S/C12H16N2O.ClH/c13-8-7-12(15)14-11-6-5-9-3-1-2-4-10(9)11;/h1-4,11H,5-8,13H2,(H,14,15);1H. The molecule has 0 saturated heterocycles. The molecular formula is C12H17ClN2O. The molecule has 1 unspecified atom stereocenters. The number of nitrogens with two attached hydrogens (primary N) is 1. The molecule has 0 heterocycles. The van der Waals surface area contributed by atoms with Gasteiger partial charge in [-0.1, -0.05) is 24.3 Å². The van der Waals surface area contributed by atoms with Crippen LogP contribution in [0.15, 0.2) is 24.3 Å². The Bertz CT molecular complexity index is 368. The first-order valence-electron chi connectivity index (χ1n) is 5.38. The van der Waals surface area contributed by atoms with Crippen molar-refractivity contribution < 1.29 is 4.79 Å². The van der Waals surface area contributed by atoms with Crippen LogP contribution in [0.2, 0.25) is 0 Å². The van der Waals surface area contributed by atoms with Crippen LogP contribution in [0.3, 0.4) is 0 Å². The lowest BCUT2D eigenvalue weighted by atomic mass is 10.1. The van der Waals surface area contributed by atoms with Gasteiger partial charge in [0.1, 0.15) is 0 Å². The Morgan fingerprint density at radius 1 is 1.44 bits per heavy atom. The van der Waals surface area contributed by atoms with Crippen LogP contribution in [-0.2, 0) is 11.2 Å². The van der Waals surface area contributed by atoms with E-state index in [0.29, 0.717) is 13.0 Å². The molecule has 1 atom stereocenters. The maximum atomic E-state index is 11.4. The topological polar surface area (TPSA) is 55.1 Å². The minimum absolute atomic E-state index is 0. The van der Waals surface area contributed by atoms with Crippen molar-refractivity contribution in [3.05, 3.63) is 35.4 Å². The Hall–Kier alpha value is -1.06. The summed E-state index contributed by atoms with van der Waals surface area (Å²) >= 11 is 0. The maximum Gasteiger partial charge on any atom is 0.221 e. The highest BCUT2D eigenvalue weighted by Crippen LogP contribution is 2.30. The fraction of sp³-hybridized carbons (Fsp3) is 0.417. The number of halogens is 1. The molecule has 1 aliphatic carbocycles. The van der Waals surface area contributed by atoms with Gasteiger partial charge in [0, 0.05) is 13.0 Å². The number of nitrogens with one attached hydrogen (secondary N) is 1. The summed E-state index contributed by atoms with van der Waals surface area (Å²) in [6, 6.07) is 8.48. The number of fused-ring (bicyclic) bond motifs is 1. The second-order valence-electron chi connectivity index (χ2n) is 3.90. The van der Waals surface area contributed by atoms with Crippen molar-refractivity contribution in [2.45, 2.75) is 25.3 Å². The summed E-state index contributed by atoms with van der Waals surface area (Å²) in [6.07, 6.45) is 2.48. The highest BCUT2D eigenvalue weighted by atomic mass is 35.5. The quantitative estimate of drug-likeness (QED) is 0.843. The van der Waals surface area contributed by atoms with Gasteiger partial charge in [0.15, 0.2) is 0 Å². The third kappa shape index (κ3) is 2.74. The first kappa shape index (κ1) is 13.0. The van der Waals surface area contributed by atoms with Gasteiger partial charge >= 0.3 is 0 Å². The molecule has 3 nitrogen and oxygen atoms in total. The number of carbonyl (C=O) groups is 1. The summed E-state index contributed by atoms with van der Waals surface area (Å²) in [5, 5.41) is 3.02. The van der Waals surface area contributed by atoms with E-state index in [0.717, 1.165) is 12.8 Å². The molecule has 4 heteroatoms. The van der Waals surface area contributed by atoms with Gasteiger partial charge in [-0.25, -0.2) is 0 Å². The molecule has 3 N–H and O–H groups in total. The van der Waals surface area contributed by atoms with Gasteiger partial charge < -0.3 is 11.1 Å². The van der Waals surface area contributed by atoms with Crippen LogP contribution in [0.1, 0.15) is 30.0 Å². The van der Waals surface area contributed by atoms with Crippen molar-refractivity contribution in [3.63, 3.8) is 0 Å². The van der Waals surface area contributed by atoms with Crippen LogP contribution < -0.4 is 11.1 Å². The molecule has 0 fully saturated rings. The maximum absolute atomic E-state index is 11.4. The minimum Gasteiger partial charge on any atom is -0.349 e. The van der Waals surface area contributed by atoms with Crippen molar-refractivity contribution in [1.82, 2.24) is 5.32 Å². The van der Waals surface area contributed by atoms with E-state index < -0.39 is 0 Å². The molecule has 0 spiro atoms. The second kappa shape index (κ2) is 5.87. The third-order valence-corrected chi connectivity index (χ3v) is 2.84. The number of benzene rings is 1. The molecule has 1 aromatic carbocycles. The number of hydrogen-bond acceptors (Lipinski definition) is 2. The average molecular weight is 241 g/mol. The van der Waals surface area contributed by atoms with Crippen molar-refractivity contribution >= 4 is 18.3 Å². The molecule has 0 aromatic heterocycles. The van der Waals surface area contributed by atoms with Gasteiger partial charge in [0.25, 0.3) is 0 Å². The van der Waals surface area contributed by atoms with Crippen LogP contribution in [0, 0.1) is 0 Å². The molecule has 1 aliphatic rings. The van der Waals surface area contributed by atoms with E-state index in [2.05, 4.69) is 17.4 Å². The van der Waals surface area contributed by atoms with Gasteiger partial charge in [-0.2, -0.15) is 0 Å². The predicted molar refractivity (Wildman–Crippen MR) is 66.6 cm³/mol. The summed E-state index contributed by atoms with van der Waals surface area (Å²) in [5.41, 5.74) is 7.96. The SMILES string of the molecule is Cl.NCCC(=O)NC1CCc2ccccc21. The van der Waals surface area contributed by atoms with Gasteiger partial charge in [-0.3, -0.25) is 4.79 Å². The fourth-order valence-electron chi connectivity index (χ4n) is 2.10. The zero-order valence-electron chi connectivity index (χ0n) is 9.11. The number of carbonyl (C=O) groups excluding carboxylic acids is 1. The number of amides is 1. The normalized spacial score (nSPS) is 17.4. The summed E-state index contributed by atoms with van der Waals surface area (Å²) in [4.78, 5) is 11.4. The van der Waals surface area contributed by atoms with Crippen molar-refractivity contribution in [2.75, 3.05) is 6.54 Å². The summed E-state index contributed by atoms with van der Waals surface area (Å²) < 4.78 is 0. The molecule has 1 amide bonds. The third-order valence-electron chi connectivity index (χ3n) is 2.84. The van der Waals surface area contributed by atoms with Crippen LogP contribution in [0.5, 0.6) is 0 Å².